The Morgan fingerprint density at radius 2 is 2.05 bits per heavy atom. The Balaban J connectivity index is 2.23. The van der Waals surface area contributed by atoms with Gasteiger partial charge >= 0.3 is 5.69 Å². The van der Waals surface area contributed by atoms with Crippen LogP contribution in [-0.2, 0) is 0 Å². The number of benzene rings is 1. The molecule has 116 valence electrons. The second-order valence-electron chi connectivity index (χ2n) is 5.49. The average Bonchev–Trinajstić information content (AvgIpc) is 2.47. The van der Waals surface area contributed by atoms with Gasteiger partial charge in [-0.15, -0.1) is 0 Å². The number of nitrogens with one attached hydrogen (secondary N) is 2. The molecule has 1 fully saturated rings. The Bertz CT molecular complexity index is 493. The number of aliphatic hydroxyl groups excluding tert-OH is 1. The third-order valence-corrected chi connectivity index (χ3v) is 3.85. The normalized spacial score (nSPS) is 21.8. The fraction of sp³-hybridized carbons (Fsp3) is 0.600. The molecular weight excluding hydrogens is 270 g/mol. The highest BCUT2D eigenvalue weighted by Gasteiger charge is 2.26. The van der Waals surface area contributed by atoms with E-state index < -0.39 is 6.10 Å². The van der Waals surface area contributed by atoms with Crippen molar-refractivity contribution in [2.45, 2.75) is 51.2 Å². The lowest BCUT2D eigenvalue weighted by Crippen LogP contribution is -2.36. The lowest BCUT2D eigenvalue weighted by molar-refractivity contribution is -0.383. The molecule has 0 heterocycles. The third-order valence-electron chi connectivity index (χ3n) is 3.85. The van der Waals surface area contributed by atoms with Gasteiger partial charge in [0.05, 0.1) is 17.1 Å². The maximum atomic E-state index is 11.4. The van der Waals surface area contributed by atoms with Crippen molar-refractivity contribution in [3.8, 4) is 0 Å². The van der Waals surface area contributed by atoms with Crippen LogP contribution in [0.4, 0.5) is 17.1 Å². The van der Waals surface area contributed by atoms with Gasteiger partial charge < -0.3 is 15.7 Å². The van der Waals surface area contributed by atoms with Crippen LogP contribution < -0.4 is 10.6 Å². The lowest BCUT2D eigenvalue weighted by Gasteiger charge is -2.29. The molecule has 0 amide bonds. The predicted octanol–water partition coefficient (Wildman–Crippen LogP) is 3.13. The zero-order valence-electron chi connectivity index (χ0n) is 12.3. The van der Waals surface area contributed by atoms with Crippen LogP contribution >= 0.6 is 0 Å². The van der Waals surface area contributed by atoms with Gasteiger partial charge in [0.25, 0.3) is 0 Å². The Morgan fingerprint density at radius 3 is 2.71 bits per heavy atom. The molecule has 2 atom stereocenters. The summed E-state index contributed by atoms with van der Waals surface area (Å²) in [6.45, 7) is 2.70. The van der Waals surface area contributed by atoms with Crippen molar-refractivity contribution in [2.24, 2.45) is 0 Å². The first kappa shape index (κ1) is 15.6. The minimum Gasteiger partial charge on any atom is -0.391 e. The van der Waals surface area contributed by atoms with Gasteiger partial charge in [0, 0.05) is 6.54 Å². The monoisotopic (exact) mass is 293 g/mol. The van der Waals surface area contributed by atoms with Crippen molar-refractivity contribution in [3.63, 3.8) is 0 Å². The van der Waals surface area contributed by atoms with Crippen molar-refractivity contribution in [2.75, 3.05) is 17.2 Å². The second-order valence-corrected chi connectivity index (χ2v) is 5.49. The van der Waals surface area contributed by atoms with Gasteiger partial charge in [-0.25, -0.2) is 0 Å². The number of nitro groups is 1. The zero-order chi connectivity index (χ0) is 15.2. The van der Waals surface area contributed by atoms with Crippen LogP contribution in [0.15, 0.2) is 18.2 Å². The Kier molecular flexibility index (Phi) is 5.38. The number of para-hydroxylation sites is 1. The van der Waals surface area contributed by atoms with E-state index in [2.05, 4.69) is 10.6 Å². The first-order chi connectivity index (χ1) is 10.1. The van der Waals surface area contributed by atoms with Crippen LogP contribution in [0, 0.1) is 10.1 Å². The van der Waals surface area contributed by atoms with Crippen LogP contribution in [0.25, 0.3) is 0 Å². The number of rotatable bonds is 6. The van der Waals surface area contributed by atoms with E-state index >= 15 is 0 Å². The first-order valence-electron chi connectivity index (χ1n) is 7.59. The fourth-order valence-corrected chi connectivity index (χ4v) is 2.74. The second kappa shape index (κ2) is 7.26. The Morgan fingerprint density at radius 1 is 1.33 bits per heavy atom. The Hall–Kier alpha value is -1.82. The molecular formula is C15H23N3O3. The standard InChI is InChI=1S/C15H23N3O3/c1-2-10-16-12-7-5-8-13(15(12)18(20)21)17-11-6-3-4-9-14(11)19/h5,7-8,11,14,16-17,19H,2-4,6,9-10H2,1H3. The molecule has 0 radical (unpaired) electrons. The van der Waals surface area contributed by atoms with Crippen LogP contribution in [0.2, 0.25) is 0 Å². The number of hydrogen-bond donors (Lipinski definition) is 3. The molecule has 0 aromatic heterocycles. The maximum absolute atomic E-state index is 11.4. The van der Waals surface area contributed by atoms with Crippen LogP contribution in [0.1, 0.15) is 39.0 Å². The van der Waals surface area contributed by atoms with Crippen LogP contribution in [0.5, 0.6) is 0 Å². The van der Waals surface area contributed by atoms with E-state index in [1.165, 1.54) is 0 Å². The molecule has 2 unspecified atom stereocenters. The SMILES string of the molecule is CCCNc1cccc(NC2CCCCC2O)c1[N+](=O)[O-]. The minimum absolute atomic E-state index is 0.0590. The molecule has 0 bridgehead atoms. The van der Waals surface area contributed by atoms with Crippen molar-refractivity contribution in [1.29, 1.82) is 0 Å². The summed E-state index contributed by atoms with van der Waals surface area (Å²) < 4.78 is 0. The number of aliphatic hydroxyl groups is 1. The van der Waals surface area contributed by atoms with Crippen molar-refractivity contribution < 1.29 is 10.0 Å². The molecule has 1 aromatic carbocycles. The molecule has 6 nitrogen and oxygen atoms in total. The summed E-state index contributed by atoms with van der Waals surface area (Å²) in [6, 6.07) is 5.11. The predicted molar refractivity (Wildman–Crippen MR) is 83.8 cm³/mol. The molecule has 2 rings (SSSR count). The van der Waals surface area contributed by atoms with E-state index in [9.17, 15) is 15.2 Å². The summed E-state index contributed by atoms with van der Waals surface area (Å²) in [5, 5.41) is 27.7. The summed E-state index contributed by atoms with van der Waals surface area (Å²) >= 11 is 0. The molecule has 21 heavy (non-hydrogen) atoms. The number of nitro benzene ring substituents is 1. The van der Waals surface area contributed by atoms with Gasteiger partial charge in [-0.1, -0.05) is 25.8 Å². The largest absolute Gasteiger partial charge is 0.391 e. The van der Waals surface area contributed by atoms with Gasteiger partial charge in [-0.3, -0.25) is 10.1 Å². The van der Waals surface area contributed by atoms with Crippen LogP contribution in [-0.4, -0.2) is 28.7 Å². The molecule has 1 aliphatic carbocycles. The Labute approximate surface area is 124 Å². The fourth-order valence-electron chi connectivity index (χ4n) is 2.74. The van der Waals surface area contributed by atoms with E-state index in [4.69, 9.17) is 0 Å². The van der Waals surface area contributed by atoms with Gasteiger partial charge in [0.2, 0.25) is 0 Å². The molecule has 3 N–H and O–H groups in total. The molecule has 1 aromatic rings. The lowest BCUT2D eigenvalue weighted by atomic mass is 9.92. The van der Waals surface area contributed by atoms with E-state index in [-0.39, 0.29) is 16.7 Å². The summed E-state index contributed by atoms with van der Waals surface area (Å²) in [6.07, 6.45) is 4.10. The van der Waals surface area contributed by atoms with Gasteiger partial charge in [-0.2, -0.15) is 0 Å². The van der Waals surface area contributed by atoms with E-state index in [1.807, 2.05) is 6.92 Å². The van der Waals surface area contributed by atoms with Crippen LogP contribution in [0.3, 0.4) is 0 Å². The van der Waals surface area contributed by atoms with E-state index in [0.29, 0.717) is 17.9 Å². The van der Waals surface area contributed by atoms with Crippen molar-refractivity contribution in [3.05, 3.63) is 28.3 Å². The molecule has 0 spiro atoms. The zero-order valence-corrected chi connectivity index (χ0v) is 12.3. The van der Waals surface area contributed by atoms with Crippen molar-refractivity contribution in [1.82, 2.24) is 0 Å². The van der Waals surface area contributed by atoms with E-state index in [0.717, 1.165) is 32.1 Å². The topological polar surface area (TPSA) is 87.4 Å². The molecule has 0 saturated heterocycles. The summed E-state index contributed by atoms with van der Waals surface area (Å²) in [5.74, 6) is 0. The number of anilines is 2. The highest BCUT2D eigenvalue weighted by atomic mass is 16.6. The summed E-state index contributed by atoms with van der Waals surface area (Å²) in [7, 11) is 0. The average molecular weight is 293 g/mol. The molecule has 0 aliphatic heterocycles. The van der Waals surface area contributed by atoms with Gasteiger partial charge in [-0.05, 0) is 31.4 Å². The smallest absolute Gasteiger partial charge is 0.315 e. The van der Waals surface area contributed by atoms with Crippen molar-refractivity contribution >= 4 is 17.1 Å². The molecule has 1 aliphatic rings. The minimum atomic E-state index is -0.439. The van der Waals surface area contributed by atoms with Gasteiger partial charge in [0.1, 0.15) is 11.4 Å². The first-order valence-corrected chi connectivity index (χ1v) is 7.59. The van der Waals surface area contributed by atoms with Gasteiger partial charge in [0.15, 0.2) is 0 Å². The number of hydrogen-bond acceptors (Lipinski definition) is 5. The summed E-state index contributed by atoms with van der Waals surface area (Å²) in [4.78, 5) is 11.0. The van der Waals surface area contributed by atoms with E-state index in [1.54, 1.807) is 18.2 Å². The summed E-state index contributed by atoms with van der Waals surface area (Å²) in [5.41, 5.74) is 1.06. The highest BCUT2D eigenvalue weighted by Crippen LogP contribution is 2.34. The maximum Gasteiger partial charge on any atom is 0.315 e. The third kappa shape index (κ3) is 3.85. The molecule has 1 saturated carbocycles. The highest BCUT2D eigenvalue weighted by molar-refractivity contribution is 5.76. The molecule has 6 heteroatoms. The quantitative estimate of drug-likeness (QED) is 0.554. The number of nitrogens with zero attached hydrogens (tertiary/aromatic N) is 1.